The van der Waals surface area contributed by atoms with E-state index in [1.54, 1.807) is 0 Å². The summed E-state index contributed by atoms with van der Waals surface area (Å²) < 4.78 is 4.69. The van der Waals surface area contributed by atoms with Crippen molar-refractivity contribution in [2.45, 2.75) is 38.8 Å². The molecule has 0 spiro atoms. The number of anilines is 1. The van der Waals surface area contributed by atoms with Gasteiger partial charge >= 0.3 is 12.0 Å². The summed E-state index contributed by atoms with van der Waals surface area (Å²) in [6.45, 7) is 4.54. The Bertz CT molecular complexity index is 818. The number of hydrogen-bond donors (Lipinski definition) is 2. The maximum absolute atomic E-state index is 12.5. The Morgan fingerprint density at radius 3 is 2.48 bits per heavy atom. The number of benzene rings is 2. The number of methoxy groups -OCH3 is 1. The predicted octanol–water partition coefficient (Wildman–Crippen LogP) is 3.56. The van der Waals surface area contributed by atoms with Gasteiger partial charge < -0.3 is 15.4 Å². The summed E-state index contributed by atoms with van der Waals surface area (Å²) >= 11 is 0. The molecule has 154 valence electrons. The van der Waals surface area contributed by atoms with Crippen LogP contribution in [0.15, 0.2) is 48.5 Å². The van der Waals surface area contributed by atoms with Gasteiger partial charge in [0.15, 0.2) is 0 Å². The number of rotatable bonds is 9. The first-order chi connectivity index (χ1) is 14.1. The average Bonchev–Trinajstić information content (AvgIpc) is 3.14. The molecule has 2 amide bonds. The fraction of sp³-hybridized carbons (Fsp3) is 0.391. The molecule has 2 N–H and O–H groups in total. The molecule has 1 unspecified atom stereocenters. The number of amides is 2. The second kappa shape index (κ2) is 10.1. The summed E-state index contributed by atoms with van der Waals surface area (Å²) in [5.74, 6) is -0.209. The fourth-order valence-electron chi connectivity index (χ4n) is 3.50. The Hall–Kier alpha value is -2.86. The molecule has 0 aromatic heterocycles. The number of ether oxygens (including phenoxy) is 1. The van der Waals surface area contributed by atoms with E-state index < -0.39 is 0 Å². The molecule has 1 aliphatic heterocycles. The van der Waals surface area contributed by atoms with Gasteiger partial charge in [-0.1, -0.05) is 43.3 Å². The van der Waals surface area contributed by atoms with Crippen LogP contribution in [0.1, 0.15) is 42.5 Å². The number of esters is 1. The van der Waals surface area contributed by atoms with Crippen LogP contribution in [0.25, 0.3) is 0 Å². The fourth-order valence-corrected chi connectivity index (χ4v) is 3.50. The van der Waals surface area contributed by atoms with Gasteiger partial charge in [0.05, 0.1) is 13.2 Å². The largest absolute Gasteiger partial charge is 0.469 e. The third-order valence-electron chi connectivity index (χ3n) is 5.16. The van der Waals surface area contributed by atoms with E-state index in [9.17, 15) is 9.59 Å². The van der Waals surface area contributed by atoms with Gasteiger partial charge in [0.1, 0.15) is 0 Å². The van der Waals surface area contributed by atoms with Crippen molar-refractivity contribution < 1.29 is 14.3 Å². The van der Waals surface area contributed by atoms with Crippen molar-refractivity contribution >= 4 is 17.7 Å². The molecule has 1 fully saturated rings. The third-order valence-corrected chi connectivity index (χ3v) is 5.16. The molecule has 0 radical (unpaired) electrons. The quantitative estimate of drug-likeness (QED) is 0.503. The first kappa shape index (κ1) is 20.9. The molecule has 29 heavy (non-hydrogen) atoms. The van der Waals surface area contributed by atoms with Crippen LogP contribution in [-0.4, -0.2) is 32.2 Å². The Morgan fingerprint density at radius 2 is 1.83 bits per heavy atom. The number of nitrogens with zero attached hydrogens (tertiary/aromatic N) is 1. The van der Waals surface area contributed by atoms with E-state index in [0.29, 0.717) is 19.4 Å². The van der Waals surface area contributed by atoms with Crippen molar-refractivity contribution in [3.05, 3.63) is 65.2 Å². The maximum atomic E-state index is 12.5. The Balaban J connectivity index is 1.69. The molecule has 6 nitrogen and oxygen atoms in total. The van der Waals surface area contributed by atoms with Gasteiger partial charge in [-0.15, -0.1) is 0 Å². The molecule has 0 saturated carbocycles. The van der Waals surface area contributed by atoms with E-state index in [-0.39, 0.29) is 18.0 Å². The lowest BCUT2D eigenvalue weighted by Crippen LogP contribution is -2.29. The second-order valence-electron chi connectivity index (χ2n) is 7.23. The highest BCUT2D eigenvalue weighted by molar-refractivity contribution is 5.95. The minimum Gasteiger partial charge on any atom is -0.469 e. The Morgan fingerprint density at radius 1 is 1.14 bits per heavy atom. The van der Waals surface area contributed by atoms with Crippen molar-refractivity contribution in [1.82, 2.24) is 10.6 Å². The highest BCUT2D eigenvalue weighted by Gasteiger charge is 2.33. The van der Waals surface area contributed by atoms with Crippen LogP contribution in [0.2, 0.25) is 0 Å². The summed E-state index contributed by atoms with van der Waals surface area (Å²) in [6, 6.07) is 16.1. The lowest BCUT2D eigenvalue weighted by Gasteiger charge is -2.24. The van der Waals surface area contributed by atoms with Crippen molar-refractivity contribution in [2.75, 3.05) is 25.1 Å². The average molecular weight is 396 g/mol. The Labute approximate surface area is 172 Å². The first-order valence-corrected chi connectivity index (χ1v) is 10.1. The van der Waals surface area contributed by atoms with Crippen molar-refractivity contribution in [3.8, 4) is 0 Å². The number of carbonyl (C=O) groups excluding carboxylic acids is 2. The molecule has 1 aliphatic rings. The summed E-state index contributed by atoms with van der Waals surface area (Å²) in [6.07, 6.45) is 2.12. The first-order valence-electron chi connectivity index (χ1n) is 10.1. The Kier molecular flexibility index (Phi) is 7.25. The molecular formula is C23H29N3O3. The van der Waals surface area contributed by atoms with Crippen LogP contribution in [0, 0.1) is 0 Å². The van der Waals surface area contributed by atoms with E-state index >= 15 is 0 Å². The second-order valence-corrected chi connectivity index (χ2v) is 7.23. The molecule has 1 atom stereocenters. The van der Waals surface area contributed by atoms with Gasteiger partial charge in [-0.25, -0.2) is 4.79 Å². The summed E-state index contributed by atoms with van der Waals surface area (Å²) in [5.41, 5.74) is 4.23. The van der Waals surface area contributed by atoms with Gasteiger partial charge in [0.25, 0.3) is 0 Å². The maximum Gasteiger partial charge on any atom is 0.322 e. The third kappa shape index (κ3) is 5.35. The summed E-state index contributed by atoms with van der Waals surface area (Å²) in [4.78, 5) is 25.6. The zero-order valence-electron chi connectivity index (χ0n) is 17.1. The lowest BCUT2D eigenvalue weighted by molar-refractivity contribution is -0.140. The number of aryl methyl sites for hydroxylation is 1. The zero-order chi connectivity index (χ0) is 20.6. The van der Waals surface area contributed by atoms with Crippen molar-refractivity contribution in [1.29, 1.82) is 0 Å². The van der Waals surface area contributed by atoms with Crippen LogP contribution in [0.4, 0.5) is 10.5 Å². The topological polar surface area (TPSA) is 70.7 Å². The highest BCUT2D eigenvalue weighted by atomic mass is 16.5. The van der Waals surface area contributed by atoms with Gasteiger partial charge in [-0.3, -0.25) is 9.69 Å². The predicted molar refractivity (Wildman–Crippen MR) is 114 cm³/mol. The van der Waals surface area contributed by atoms with Gasteiger partial charge in [0, 0.05) is 25.2 Å². The van der Waals surface area contributed by atoms with E-state index in [1.165, 1.54) is 12.7 Å². The van der Waals surface area contributed by atoms with Crippen molar-refractivity contribution in [2.24, 2.45) is 0 Å². The minimum absolute atomic E-state index is 0.0544. The van der Waals surface area contributed by atoms with Crippen molar-refractivity contribution in [3.63, 3.8) is 0 Å². The van der Waals surface area contributed by atoms with Crippen LogP contribution in [0.3, 0.4) is 0 Å². The minimum atomic E-state index is -0.209. The number of hydrogen-bond acceptors (Lipinski definition) is 4. The lowest BCUT2D eigenvalue weighted by atomic mass is 10.0. The number of nitrogens with one attached hydrogen (secondary N) is 2. The number of urea groups is 1. The van der Waals surface area contributed by atoms with Gasteiger partial charge in [0.2, 0.25) is 0 Å². The van der Waals surface area contributed by atoms with E-state index in [1.807, 2.05) is 41.3 Å². The van der Waals surface area contributed by atoms with Crippen LogP contribution >= 0.6 is 0 Å². The van der Waals surface area contributed by atoms with E-state index in [4.69, 9.17) is 4.74 Å². The molecule has 2 aromatic carbocycles. The molecule has 0 aliphatic carbocycles. The molecule has 0 bridgehead atoms. The van der Waals surface area contributed by atoms with Gasteiger partial charge in [-0.2, -0.15) is 0 Å². The molecule has 1 heterocycles. The standard InChI is InChI=1S/C23H29N3O3/c1-3-14-24-15-18-6-11-20(12-7-18)26-21(16-25-23(26)28)19-9-4-17(5-10-19)8-13-22(27)29-2/h4-7,9-12,21,24H,3,8,13-16H2,1-2H3,(H,25,28). The van der Waals surface area contributed by atoms with Crippen LogP contribution in [-0.2, 0) is 22.5 Å². The monoisotopic (exact) mass is 395 g/mol. The van der Waals surface area contributed by atoms with Crippen LogP contribution < -0.4 is 15.5 Å². The molecule has 2 aromatic rings. The van der Waals surface area contributed by atoms with E-state index in [2.05, 4.69) is 29.7 Å². The zero-order valence-corrected chi connectivity index (χ0v) is 17.1. The molecular weight excluding hydrogens is 366 g/mol. The molecule has 3 rings (SSSR count). The van der Waals surface area contributed by atoms with Gasteiger partial charge in [-0.05, 0) is 48.2 Å². The molecule has 1 saturated heterocycles. The SMILES string of the molecule is CCCNCc1ccc(N2C(=O)NCC2c2ccc(CCC(=O)OC)cc2)cc1. The number of carbonyl (C=O) groups is 2. The highest BCUT2D eigenvalue weighted by Crippen LogP contribution is 2.31. The van der Waals surface area contributed by atoms with E-state index in [0.717, 1.165) is 36.3 Å². The van der Waals surface area contributed by atoms with Crippen LogP contribution in [0.5, 0.6) is 0 Å². The smallest absolute Gasteiger partial charge is 0.322 e. The normalized spacial score (nSPS) is 16.0. The molecule has 6 heteroatoms. The summed E-state index contributed by atoms with van der Waals surface area (Å²) in [7, 11) is 1.40. The summed E-state index contributed by atoms with van der Waals surface area (Å²) in [5, 5.41) is 6.34.